The molecule has 0 radical (unpaired) electrons. The molecule has 7 heteroatoms. The zero-order valence-electron chi connectivity index (χ0n) is 14.1. The number of aliphatic hydroxyl groups is 1. The molecule has 24 heavy (non-hydrogen) atoms. The lowest BCUT2D eigenvalue weighted by Gasteiger charge is -2.54. The van der Waals surface area contributed by atoms with Crippen molar-refractivity contribution >= 4 is 6.08 Å². The fourth-order valence-corrected chi connectivity index (χ4v) is 3.77. The number of nitrogens with one attached hydrogen (secondary N) is 1. The molecule has 4 aliphatic heterocycles. The van der Waals surface area contributed by atoms with Gasteiger partial charge in [0.15, 0.2) is 5.72 Å². The third kappa shape index (κ3) is 2.66. The van der Waals surface area contributed by atoms with E-state index in [0.29, 0.717) is 24.2 Å². The van der Waals surface area contributed by atoms with Crippen molar-refractivity contribution in [2.45, 2.75) is 50.2 Å². The second kappa shape index (κ2) is 5.39. The lowest BCUT2D eigenvalue weighted by atomic mass is 9.89. The van der Waals surface area contributed by atoms with E-state index in [9.17, 15) is 10.4 Å². The van der Waals surface area contributed by atoms with E-state index in [1.165, 1.54) is 6.42 Å². The molecule has 3 saturated heterocycles. The van der Waals surface area contributed by atoms with Crippen molar-refractivity contribution in [1.29, 1.82) is 5.26 Å². The molecular formula is C17H23N5O2. The summed E-state index contributed by atoms with van der Waals surface area (Å²) in [4.78, 5) is 2.33. The predicted octanol–water partition coefficient (Wildman–Crippen LogP) is 0.311. The summed E-state index contributed by atoms with van der Waals surface area (Å²) in [6.45, 7) is 6.07. The van der Waals surface area contributed by atoms with Gasteiger partial charge in [0.2, 0.25) is 0 Å². The van der Waals surface area contributed by atoms with E-state index in [1.54, 1.807) is 20.0 Å². The molecule has 0 amide bonds. The highest BCUT2D eigenvalue weighted by molar-refractivity contribution is 5.56. The molecule has 0 aromatic carbocycles. The predicted molar refractivity (Wildman–Crippen MR) is 87.9 cm³/mol. The van der Waals surface area contributed by atoms with Crippen molar-refractivity contribution in [1.82, 2.24) is 20.0 Å². The Hall–Kier alpha value is -1.72. The lowest BCUT2D eigenvalue weighted by molar-refractivity contribution is -0.184. The van der Waals surface area contributed by atoms with Crippen LogP contribution in [0.2, 0.25) is 0 Å². The van der Waals surface area contributed by atoms with E-state index in [0.717, 1.165) is 18.8 Å². The first-order valence-electron chi connectivity index (χ1n) is 8.41. The van der Waals surface area contributed by atoms with Gasteiger partial charge in [-0.05, 0) is 32.4 Å². The summed E-state index contributed by atoms with van der Waals surface area (Å²) in [5.74, 6) is 0. The maximum absolute atomic E-state index is 10.1. The molecule has 0 saturated carbocycles. The fraction of sp³-hybridized carbons (Fsp3) is 0.647. The topological polar surface area (TPSA) is 86.3 Å². The van der Waals surface area contributed by atoms with Gasteiger partial charge in [-0.1, -0.05) is 0 Å². The standard InChI is InChI=1S/C17H23N5O2/c1-16(2,23)11-24-17(21-8-13-5-14(9-21)20-13)4-3-15-12(6-18)7-19-22(15)10-17/h3-4,7,13-14,20,23H,5,8-11H2,1-2H3. The molecule has 3 fully saturated rings. The van der Waals surface area contributed by atoms with Gasteiger partial charge in [-0.3, -0.25) is 9.58 Å². The Balaban J connectivity index is 1.63. The third-order valence-electron chi connectivity index (χ3n) is 5.01. The Morgan fingerprint density at radius 2 is 2.21 bits per heavy atom. The van der Waals surface area contributed by atoms with Crippen molar-refractivity contribution in [2.75, 3.05) is 19.7 Å². The zero-order chi connectivity index (χ0) is 16.9. The van der Waals surface area contributed by atoms with Crippen LogP contribution < -0.4 is 5.32 Å². The Bertz CT molecular complexity index is 698. The molecule has 128 valence electrons. The highest BCUT2D eigenvalue weighted by Crippen LogP contribution is 2.34. The van der Waals surface area contributed by atoms with Gasteiger partial charge in [-0.2, -0.15) is 10.4 Å². The number of hydrogen-bond acceptors (Lipinski definition) is 6. The van der Waals surface area contributed by atoms with Crippen molar-refractivity contribution in [2.24, 2.45) is 0 Å². The normalized spacial score (nSPS) is 32.1. The van der Waals surface area contributed by atoms with E-state index in [-0.39, 0.29) is 6.61 Å². The number of piperazine rings is 1. The van der Waals surface area contributed by atoms with E-state index in [1.807, 2.05) is 16.8 Å². The van der Waals surface area contributed by atoms with Gasteiger partial charge in [0.25, 0.3) is 0 Å². The first-order valence-corrected chi connectivity index (χ1v) is 8.41. The van der Waals surface area contributed by atoms with Gasteiger partial charge in [0, 0.05) is 25.2 Å². The van der Waals surface area contributed by atoms with Crippen LogP contribution in [0.15, 0.2) is 12.3 Å². The largest absolute Gasteiger partial charge is 0.388 e. The van der Waals surface area contributed by atoms with E-state index in [4.69, 9.17) is 4.74 Å². The number of ether oxygens (including phenoxy) is 1. The van der Waals surface area contributed by atoms with Crippen LogP contribution in [-0.4, -0.2) is 62.9 Å². The fourth-order valence-electron chi connectivity index (χ4n) is 3.77. The summed E-state index contributed by atoms with van der Waals surface area (Å²) < 4.78 is 8.09. The maximum atomic E-state index is 10.1. The average Bonchev–Trinajstić information content (AvgIpc) is 2.93. The molecule has 5 rings (SSSR count). The number of fused-ring (bicyclic) bond motifs is 3. The van der Waals surface area contributed by atoms with Crippen molar-refractivity contribution in [3.8, 4) is 6.07 Å². The van der Waals surface area contributed by atoms with Gasteiger partial charge in [-0.15, -0.1) is 0 Å². The minimum absolute atomic E-state index is 0.234. The number of nitrogens with zero attached hydrogens (tertiary/aromatic N) is 4. The Morgan fingerprint density at radius 3 is 2.83 bits per heavy atom. The van der Waals surface area contributed by atoms with Gasteiger partial charge >= 0.3 is 0 Å². The molecule has 0 aliphatic carbocycles. The zero-order valence-corrected chi connectivity index (χ0v) is 14.1. The van der Waals surface area contributed by atoms with Gasteiger partial charge in [-0.25, -0.2) is 0 Å². The Morgan fingerprint density at radius 1 is 1.50 bits per heavy atom. The van der Waals surface area contributed by atoms with Crippen LogP contribution >= 0.6 is 0 Å². The van der Waals surface area contributed by atoms with Crippen LogP contribution in [-0.2, 0) is 11.3 Å². The molecule has 4 aliphatic rings. The van der Waals surface area contributed by atoms with Crippen LogP contribution in [0.4, 0.5) is 0 Å². The van der Waals surface area contributed by atoms with E-state index < -0.39 is 11.3 Å². The molecule has 7 nitrogen and oxygen atoms in total. The molecular weight excluding hydrogens is 306 g/mol. The number of piperidine rings is 1. The third-order valence-corrected chi connectivity index (χ3v) is 5.01. The second-order valence-electron chi connectivity index (χ2n) is 7.69. The van der Waals surface area contributed by atoms with Crippen molar-refractivity contribution in [3.63, 3.8) is 0 Å². The molecule has 2 bridgehead atoms. The number of nitriles is 1. The second-order valence-corrected chi connectivity index (χ2v) is 7.69. The summed E-state index contributed by atoms with van der Waals surface area (Å²) in [6.07, 6.45) is 6.77. The molecule has 0 spiro atoms. The molecule has 1 aromatic rings. The summed E-state index contributed by atoms with van der Waals surface area (Å²) in [6, 6.07) is 3.19. The quantitative estimate of drug-likeness (QED) is 0.827. The number of rotatable bonds is 4. The summed E-state index contributed by atoms with van der Waals surface area (Å²) in [5.41, 5.74) is -0.143. The SMILES string of the molecule is CC(C)(O)COC1(N2CC3CC(C2)N3)C=Cc2c(C#N)cnn2C1. The molecule has 3 unspecified atom stereocenters. The summed E-state index contributed by atoms with van der Waals surface area (Å²) >= 11 is 0. The van der Waals surface area contributed by atoms with Gasteiger partial charge in [0.1, 0.15) is 6.07 Å². The first kappa shape index (κ1) is 15.8. The first-order chi connectivity index (χ1) is 11.4. The smallest absolute Gasteiger partial charge is 0.161 e. The van der Waals surface area contributed by atoms with Gasteiger partial charge in [0.05, 0.1) is 36.2 Å². The summed E-state index contributed by atoms with van der Waals surface area (Å²) in [7, 11) is 0. The monoisotopic (exact) mass is 329 g/mol. The lowest BCUT2D eigenvalue weighted by Crippen LogP contribution is -2.72. The minimum atomic E-state index is -0.903. The van der Waals surface area contributed by atoms with Crippen LogP contribution in [0.1, 0.15) is 31.5 Å². The summed E-state index contributed by atoms with van der Waals surface area (Å²) in [5, 5.41) is 27.2. The number of hydrogen-bond donors (Lipinski definition) is 2. The molecule has 3 atom stereocenters. The van der Waals surface area contributed by atoms with Crippen molar-refractivity contribution < 1.29 is 9.84 Å². The number of aromatic nitrogens is 2. The van der Waals surface area contributed by atoms with Crippen molar-refractivity contribution in [3.05, 3.63) is 23.5 Å². The highest BCUT2D eigenvalue weighted by Gasteiger charge is 2.47. The highest BCUT2D eigenvalue weighted by atomic mass is 16.5. The van der Waals surface area contributed by atoms with Crippen LogP contribution in [0.5, 0.6) is 0 Å². The van der Waals surface area contributed by atoms with E-state index in [2.05, 4.69) is 21.4 Å². The molecule has 5 heterocycles. The molecule has 2 N–H and O–H groups in total. The minimum Gasteiger partial charge on any atom is -0.388 e. The van der Waals surface area contributed by atoms with E-state index >= 15 is 0 Å². The maximum Gasteiger partial charge on any atom is 0.161 e. The Labute approximate surface area is 141 Å². The van der Waals surface area contributed by atoms with Gasteiger partial charge < -0.3 is 15.2 Å². The molecule has 1 aromatic heterocycles. The van der Waals surface area contributed by atoms with Crippen LogP contribution in [0, 0.1) is 11.3 Å². The van der Waals surface area contributed by atoms with Crippen LogP contribution in [0.25, 0.3) is 6.08 Å². The van der Waals surface area contributed by atoms with Crippen LogP contribution in [0.3, 0.4) is 0 Å². The Kier molecular flexibility index (Phi) is 3.55. The average molecular weight is 329 g/mol.